The number of nitrogens with two attached hydrogens (primary N) is 1. The van der Waals surface area contributed by atoms with Crippen LogP contribution in [0.2, 0.25) is 0 Å². The monoisotopic (exact) mass is 291 g/mol. The molecule has 1 aliphatic heterocycles. The van der Waals surface area contributed by atoms with Gasteiger partial charge in [-0.2, -0.15) is 0 Å². The highest BCUT2D eigenvalue weighted by molar-refractivity contribution is 5.59. The van der Waals surface area contributed by atoms with Crippen LogP contribution in [0.4, 0.5) is 11.6 Å². The summed E-state index contributed by atoms with van der Waals surface area (Å²) < 4.78 is 0. The predicted molar refractivity (Wildman–Crippen MR) is 88.3 cm³/mol. The van der Waals surface area contributed by atoms with E-state index in [-0.39, 0.29) is 0 Å². The van der Waals surface area contributed by atoms with Crippen LogP contribution in [0.25, 0.3) is 0 Å². The fraction of sp³-hybridized carbons (Fsp3) is 0.750. The SMILES string of the molecule is CC(C)c1c(NN)ncnc1N1CCCC(C(C)C)CC1. The number of aromatic nitrogens is 2. The fourth-order valence-corrected chi connectivity index (χ4v) is 3.29. The summed E-state index contributed by atoms with van der Waals surface area (Å²) in [6.07, 6.45) is 5.40. The van der Waals surface area contributed by atoms with E-state index in [9.17, 15) is 0 Å². The lowest BCUT2D eigenvalue weighted by Crippen LogP contribution is -2.28. The first-order valence-electron chi connectivity index (χ1n) is 8.11. The first kappa shape index (κ1) is 16.0. The Morgan fingerprint density at radius 3 is 2.57 bits per heavy atom. The molecule has 0 spiro atoms. The van der Waals surface area contributed by atoms with Crippen LogP contribution in [-0.4, -0.2) is 23.1 Å². The third-order valence-corrected chi connectivity index (χ3v) is 4.59. The van der Waals surface area contributed by atoms with Crippen LogP contribution < -0.4 is 16.2 Å². The summed E-state index contributed by atoms with van der Waals surface area (Å²) in [6.45, 7) is 11.1. The van der Waals surface area contributed by atoms with E-state index in [2.05, 4.69) is 48.0 Å². The minimum absolute atomic E-state index is 0.344. The van der Waals surface area contributed by atoms with E-state index in [1.54, 1.807) is 6.33 Å². The minimum atomic E-state index is 0.344. The second kappa shape index (κ2) is 7.07. The first-order chi connectivity index (χ1) is 10.0. The van der Waals surface area contributed by atoms with Gasteiger partial charge in [-0.3, -0.25) is 0 Å². The Morgan fingerprint density at radius 2 is 1.95 bits per heavy atom. The van der Waals surface area contributed by atoms with Crippen LogP contribution in [0.5, 0.6) is 0 Å². The standard InChI is InChI=1S/C16H29N5/c1-11(2)13-6-5-8-21(9-7-13)16-14(12(3)4)15(20-17)18-10-19-16/h10-13H,5-9,17H2,1-4H3,(H,18,19,20). The molecule has 3 N–H and O–H groups in total. The third kappa shape index (κ3) is 3.64. The van der Waals surface area contributed by atoms with Crippen molar-refractivity contribution in [3.8, 4) is 0 Å². The zero-order valence-electron chi connectivity index (χ0n) is 13.8. The summed E-state index contributed by atoms with van der Waals surface area (Å²) in [4.78, 5) is 11.2. The van der Waals surface area contributed by atoms with Crippen LogP contribution in [0.15, 0.2) is 6.33 Å². The summed E-state index contributed by atoms with van der Waals surface area (Å²) in [7, 11) is 0. The van der Waals surface area contributed by atoms with Crippen LogP contribution in [0.3, 0.4) is 0 Å². The van der Waals surface area contributed by atoms with Crippen molar-refractivity contribution in [3.63, 3.8) is 0 Å². The third-order valence-electron chi connectivity index (χ3n) is 4.59. The molecule has 1 aromatic heterocycles. The summed E-state index contributed by atoms with van der Waals surface area (Å²) in [6, 6.07) is 0. The second-order valence-corrected chi connectivity index (χ2v) is 6.68. The topological polar surface area (TPSA) is 67.1 Å². The van der Waals surface area contributed by atoms with Gasteiger partial charge in [0.15, 0.2) is 0 Å². The Balaban J connectivity index is 2.25. The van der Waals surface area contributed by atoms with Gasteiger partial charge in [-0.1, -0.05) is 27.7 Å². The maximum absolute atomic E-state index is 5.62. The van der Waals surface area contributed by atoms with Gasteiger partial charge in [0.05, 0.1) is 0 Å². The van der Waals surface area contributed by atoms with Gasteiger partial charge in [-0.25, -0.2) is 15.8 Å². The molecule has 1 atom stereocenters. The molecule has 0 amide bonds. The summed E-state index contributed by atoms with van der Waals surface area (Å²) in [5.74, 6) is 9.36. The number of hydrogen-bond acceptors (Lipinski definition) is 5. The molecule has 118 valence electrons. The van der Waals surface area contributed by atoms with Crippen LogP contribution >= 0.6 is 0 Å². The molecule has 5 heteroatoms. The number of nitrogen functional groups attached to an aromatic ring is 1. The highest BCUT2D eigenvalue weighted by atomic mass is 15.3. The molecule has 1 aliphatic rings. The molecule has 1 saturated heterocycles. The number of nitrogens with zero attached hydrogens (tertiary/aromatic N) is 3. The van der Waals surface area contributed by atoms with Crippen molar-refractivity contribution in [2.24, 2.45) is 17.7 Å². The molecule has 1 fully saturated rings. The molecule has 0 radical (unpaired) electrons. The lowest BCUT2D eigenvalue weighted by molar-refractivity contribution is 0.351. The van der Waals surface area contributed by atoms with E-state index in [1.165, 1.54) is 19.3 Å². The molecule has 1 aromatic rings. The van der Waals surface area contributed by atoms with E-state index in [1.807, 2.05) is 0 Å². The van der Waals surface area contributed by atoms with Crippen molar-refractivity contribution in [1.82, 2.24) is 9.97 Å². The highest BCUT2D eigenvalue weighted by Crippen LogP contribution is 2.33. The molecule has 0 aliphatic carbocycles. The molecule has 0 bridgehead atoms. The van der Waals surface area contributed by atoms with E-state index < -0.39 is 0 Å². The Morgan fingerprint density at radius 1 is 1.19 bits per heavy atom. The molecular formula is C16H29N5. The lowest BCUT2D eigenvalue weighted by atomic mass is 9.89. The minimum Gasteiger partial charge on any atom is -0.356 e. The zero-order chi connectivity index (χ0) is 15.4. The van der Waals surface area contributed by atoms with Crippen molar-refractivity contribution in [3.05, 3.63) is 11.9 Å². The van der Waals surface area contributed by atoms with Crippen molar-refractivity contribution in [1.29, 1.82) is 0 Å². The fourth-order valence-electron chi connectivity index (χ4n) is 3.29. The highest BCUT2D eigenvalue weighted by Gasteiger charge is 2.24. The van der Waals surface area contributed by atoms with Crippen LogP contribution in [-0.2, 0) is 0 Å². The van der Waals surface area contributed by atoms with Crippen molar-refractivity contribution >= 4 is 11.6 Å². The quantitative estimate of drug-likeness (QED) is 0.659. The molecule has 2 rings (SSSR count). The molecular weight excluding hydrogens is 262 g/mol. The van der Waals surface area contributed by atoms with E-state index >= 15 is 0 Å². The van der Waals surface area contributed by atoms with E-state index in [0.29, 0.717) is 5.92 Å². The molecule has 21 heavy (non-hydrogen) atoms. The average Bonchev–Trinajstić information content (AvgIpc) is 2.72. The molecule has 5 nitrogen and oxygen atoms in total. The maximum atomic E-state index is 5.62. The average molecular weight is 291 g/mol. The molecule has 0 aromatic carbocycles. The van der Waals surface area contributed by atoms with Gasteiger partial charge in [-0.05, 0) is 37.0 Å². The number of rotatable bonds is 4. The smallest absolute Gasteiger partial charge is 0.148 e. The van der Waals surface area contributed by atoms with Gasteiger partial charge >= 0.3 is 0 Å². The lowest BCUT2D eigenvalue weighted by Gasteiger charge is -2.26. The Labute approximate surface area is 128 Å². The Hall–Kier alpha value is -1.36. The number of nitrogens with one attached hydrogen (secondary N) is 1. The zero-order valence-corrected chi connectivity index (χ0v) is 13.8. The Kier molecular flexibility index (Phi) is 5.39. The Bertz CT molecular complexity index is 458. The van der Waals surface area contributed by atoms with Crippen molar-refractivity contribution < 1.29 is 0 Å². The van der Waals surface area contributed by atoms with E-state index in [0.717, 1.165) is 42.1 Å². The number of anilines is 2. The predicted octanol–water partition coefficient (Wildman–Crippen LogP) is 3.15. The van der Waals surface area contributed by atoms with Crippen molar-refractivity contribution in [2.45, 2.75) is 52.9 Å². The molecule has 0 saturated carbocycles. The summed E-state index contributed by atoms with van der Waals surface area (Å²) in [5, 5.41) is 0. The van der Waals surface area contributed by atoms with Gasteiger partial charge in [0, 0.05) is 18.7 Å². The van der Waals surface area contributed by atoms with Gasteiger partial charge < -0.3 is 10.3 Å². The van der Waals surface area contributed by atoms with Crippen molar-refractivity contribution in [2.75, 3.05) is 23.4 Å². The first-order valence-corrected chi connectivity index (χ1v) is 8.11. The number of hydrogen-bond donors (Lipinski definition) is 2. The van der Waals surface area contributed by atoms with Crippen LogP contribution in [0.1, 0.15) is 58.4 Å². The summed E-state index contributed by atoms with van der Waals surface area (Å²) in [5.41, 5.74) is 3.85. The molecule has 1 unspecified atom stereocenters. The van der Waals surface area contributed by atoms with Gasteiger partial charge in [-0.15, -0.1) is 0 Å². The van der Waals surface area contributed by atoms with Gasteiger partial charge in [0.2, 0.25) is 0 Å². The second-order valence-electron chi connectivity index (χ2n) is 6.68. The number of hydrazine groups is 1. The van der Waals surface area contributed by atoms with Gasteiger partial charge in [0.25, 0.3) is 0 Å². The maximum Gasteiger partial charge on any atom is 0.148 e. The summed E-state index contributed by atoms with van der Waals surface area (Å²) >= 11 is 0. The van der Waals surface area contributed by atoms with Gasteiger partial charge in [0.1, 0.15) is 18.0 Å². The van der Waals surface area contributed by atoms with E-state index in [4.69, 9.17) is 5.84 Å². The largest absolute Gasteiger partial charge is 0.356 e. The molecule has 2 heterocycles. The van der Waals surface area contributed by atoms with Crippen LogP contribution in [0, 0.1) is 11.8 Å². The normalized spacial score (nSPS) is 20.0.